The van der Waals surface area contributed by atoms with Crippen LogP contribution in [0.1, 0.15) is 25.7 Å². The molecule has 0 spiro atoms. The normalized spacial score (nSPS) is 15.2. The molecule has 1 aliphatic carbocycles. The minimum atomic E-state index is 0.730. The molecule has 0 saturated heterocycles. The van der Waals surface area contributed by atoms with Gasteiger partial charge >= 0.3 is 0 Å². The second kappa shape index (κ2) is 8.12. The molecule has 4 heteroatoms. The Morgan fingerprint density at radius 1 is 1.15 bits per heavy atom. The molecular weight excluding hydrogens is 252 g/mol. The average Bonchev–Trinajstić information content (AvgIpc) is 2.43. The Balaban J connectivity index is 1.73. The maximum atomic E-state index is 5.81. The third-order valence-corrected chi connectivity index (χ3v) is 3.95. The second-order valence-electron chi connectivity index (χ2n) is 5.29. The SMILES string of the molecule is COc1ccc(OCCN(CCCN)C2CCC2)cc1. The monoisotopic (exact) mass is 278 g/mol. The molecular formula is C16H26N2O2. The van der Waals surface area contributed by atoms with E-state index >= 15 is 0 Å². The minimum absolute atomic E-state index is 0.730. The first kappa shape index (κ1) is 15.1. The van der Waals surface area contributed by atoms with Gasteiger partial charge in [0.1, 0.15) is 18.1 Å². The second-order valence-corrected chi connectivity index (χ2v) is 5.29. The number of nitrogens with zero attached hydrogens (tertiary/aromatic N) is 1. The van der Waals surface area contributed by atoms with Crippen molar-refractivity contribution < 1.29 is 9.47 Å². The zero-order valence-electron chi connectivity index (χ0n) is 12.4. The molecule has 1 aromatic carbocycles. The molecule has 1 fully saturated rings. The van der Waals surface area contributed by atoms with Gasteiger partial charge in [-0.3, -0.25) is 4.90 Å². The van der Waals surface area contributed by atoms with Crippen molar-refractivity contribution in [1.82, 2.24) is 4.90 Å². The fraction of sp³-hybridized carbons (Fsp3) is 0.625. The van der Waals surface area contributed by atoms with Crippen LogP contribution in [-0.2, 0) is 0 Å². The highest BCUT2D eigenvalue weighted by molar-refractivity contribution is 5.31. The maximum Gasteiger partial charge on any atom is 0.119 e. The van der Waals surface area contributed by atoms with Crippen LogP contribution in [0.15, 0.2) is 24.3 Å². The van der Waals surface area contributed by atoms with Crippen molar-refractivity contribution in [3.05, 3.63) is 24.3 Å². The molecule has 0 amide bonds. The van der Waals surface area contributed by atoms with Gasteiger partial charge in [0.2, 0.25) is 0 Å². The summed E-state index contributed by atoms with van der Waals surface area (Å²) in [7, 11) is 1.67. The van der Waals surface area contributed by atoms with Gasteiger partial charge < -0.3 is 15.2 Å². The molecule has 0 atom stereocenters. The first-order chi connectivity index (χ1) is 9.83. The quantitative estimate of drug-likeness (QED) is 0.753. The van der Waals surface area contributed by atoms with Crippen LogP contribution in [0.4, 0.5) is 0 Å². The number of hydrogen-bond acceptors (Lipinski definition) is 4. The van der Waals surface area contributed by atoms with Crippen LogP contribution in [0.3, 0.4) is 0 Å². The van der Waals surface area contributed by atoms with Gasteiger partial charge in [-0.1, -0.05) is 6.42 Å². The van der Waals surface area contributed by atoms with Crippen LogP contribution in [-0.4, -0.2) is 44.3 Å². The predicted molar refractivity (Wildman–Crippen MR) is 81.4 cm³/mol. The Labute approximate surface area is 121 Å². The molecule has 0 heterocycles. The van der Waals surface area contributed by atoms with E-state index in [1.54, 1.807) is 7.11 Å². The van der Waals surface area contributed by atoms with Gasteiger partial charge in [0.05, 0.1) is 7.11 Å². The molecule has 1 saturated carbocycles. The molecule has 0 aromatic heterocycles. The number of methoxy groups -OCH3 is 1. The van der Waals surface area contributed by atoms with E-state index in [0.717, 1.165) is 50.2 Å². The average molecular weight is 278 g/mol. The Bertz CT molecular complexity index is 377. The zero-order valence-corrected chi connectivity index (χ0v) is 12.4. The predicted octanol–water partition coefficient (Wildman–Crippen LogP) is 2.28. The molecule has 2 N–H and O–H groups in total. The topological polar surface area (TPSA) is 47.7 Å². The molecule has 0 bridgehead atoms. The lowest BCUT2D eigenvalue weighted by molar-refractivity contribution is 0.106. The largest absolute Gasteiger partial charge is 0.497 e. The van der Waals surface area contributed by atoms with Crippen molar-refractivity contribution in [2.45, 2.75) is 31.7 Å². The third kappa shape index (κ3) is 4.39. The van der Waals surface area contributed by atoms with Gasteiger partial charge in [0.25, 0.3) is 0 Å². The fourth-order valence-electron chi connectivity index (χ4n) is 2.48. The fourth-order valence-corrected chi connectivity index (χ4v) is 2.48. The van der Waals surface area contributed by atoms with Gasteiger partial charge in [-0.05, 0) is 56.6 Å². The molecule has 1 aliphatic rings. The first-order valence-corrected chi connectivity index (χ1v) is 7.54. The molecule has 4 nitrogen and oxygen atoms in total. The third-order valence-electron chi connectivity index (χ3n) is 3.95. The van der Waals surface area contributed by atoms with Crippen LogP contribution in [0.2, 0.25) is 0 Å². The number of hydrogen-bond donors (Lipinski definition) is 1. The number of ether oxygens (including phenoxy) is 2. The van der Waals surface area contributed by atoms with E-state index in [1.165, 1.54) is 19.3 Å². The van der Waals surface area contributed by atoms with Gasteiger partial charge in [0, 0.05) is 12.6 Å². The van der Waals surface area contributed by atoms with Crippen molar-refractivity contribution >= 4 is 0 Å². The minimum Gasteiger partial charge on any atom is -0.497 e. The Kier molecular flexibility index (Phi) is 6.15. The van der Waals surface area contributed by atoms with Crippen LogP contribution in [0.5, 0.6) is 11.5 Å². The summed E-state index contributed by atoms with van der Waals surface area (Å²) in [5.74, 6) is 1.76. The van der Waals surface area contributed by atoms with E-state index in [0.29, 0.717) is 0 Å². The molecule has 1 aromatic rings. The van der Waals surface area contributed by atoms with E-state index in [9.17, 15) is 0 Å². The van der Waals surface area contributed by atoms with Crippen molar-refractivity contribution in [3.63, 3.8) is 0 Å². The van der Waals surface area contributed by atoms with Crippen LogP contribution in [0.25, 0.3) is 0 Å². The molecule has 0 aliphatic heterocycles. The highest BCUT2D eigenvalue weighted by Gasteiger charge is 2.24. The van der Waals surface area contributed by atoms with E-state index in [2.05, 4.69) is 4.90 Å². The number of benzene rings is 1. The van der Waals surface area contributed by atoms with E-state index < -0.39 is 0 Å². The summed E-state index contributed by atoms with van der Waals surface area (Å²) in [4.78, 5) is 2.53. The van der Waals surface area contributed by atoms with Crippen LogP contribution < -0.4 is 15.2 Å². The lowest BCUT2D eigenvalue weighted by atomic mass is 9.91. The summed E-state index contributed by atoms with van der Waals surface area (Å²) >= 11 is 0. The highest BCUT2D eigenvalue weighted by atomic mass is 16.5. The van der Waals surface area contributed by atoms with E-state index in [4.69, 9.17) is 15.2 Å². The van der Waals surface area contributed by atoms with Gasteiger partial charge in [0.15, 0.2) is 0 Å². The lowest BCUT2D eigenvalue weighted by Gasteiger charge is -2.37. The zero-order chi connectivity index (χ0) is 14.2. The van der Waals surface area contributed by atoms with Gasteiger partial charge in [-0.2, -0.15) is 0 Å². The molecule has 112 valence electrons. The molecule has 0 radical (unpaired) electrons. The highest BCUT2D eigenvalue weighted by Crippen LogP contribution is 2.24. The maximum absolute atomic E-state index is 5.81. The number of nitrogens with two attached hydrogens (primary N) is 1. The summed E-state index contributed by atoms with van der Waals surface area (Å²) < 4.78 is 10.9. The first-order valence-electron chi connectivity index (χ1n) is 7.54. The van der Waals surface area contributed by atoms with Gasteiger partial charge in [-0.15, -0.1) is 0 Å². The van der Waals surface area contributed by atoms with Crippen molar-refractivity contribution in [3.8, 4) is 11.5 Å². The molecule has 20 heavy (non-hydrogen) atoms. The Morgan fingerprint density at radius 2 is 1.85 bits per heavy atom. The summed E-state index contributed by atoms with van der Waals surface area (Å²) in [6.07, 6.45) is 5.09. The molecule has 2 rings (SSSR count). The summed E-state index contributed by atoms with van der Waals surface area (Å²) in [5.41, 5.74) is 5.61. The van der Waals surface area contributed by atoms with Crippen molar-refractivity contribution in [2.75, 3.05) is 33.4 Å². The Morgan fingerprint density at radius 3 is 2.40 bits per heavy atom. The van der Waals surface area contributed by atoms with E-state index in [1.807, 2.05) is 24.3 Å². The van der Waals surface area contributed by atoms with Crippen LogP contribution >= 0.6 is 0 Å². The van der Waals surface area contributed by atoms with Gasteiger partial charge in [-0.25, -0.2) is 0 Å². The number of rotatable bonds is 9. The smallest absolute Gasteiger partial charge is 0.119 e. The van der Waals surface area contributed by atoms with Crippen molar-refractivity contribution in [1.29, 1.82) is 0 Å². The van der Waals surface area contributed by atoms with E-state index in [-0.39, 0.29) is 0 Å². The standard InChI is InChI=1S/C16H26N2O2/c1-19-15-6-8-16(9-7-15)20-13-12-18(11-3-10-17)14-4-2-5-14/h6-9,14H,2-5,10-13,17H2,1H3. The summed E-state index contributed by atoms with van der Waals surface area (Å²) in [6.45, 7) is 3.57. The lowest BCUT2D eigenvalue weighted by Crippen LogP contribution is -2.43. The summed E-state index contributed by atoms with van der Waals surface area (Å²) in [6, 6.07) is 8.50. The van der Waals surface area contributed by atoms with Crippen LogP contribution in [0, 0.1) is 0 Å². The molecule has 0 unspecified atom stereocenters. The van der Waals surface area contributed by atoms with Crippen molar-refractivity contribution in [2.24, 2.45) is 5.73 Å². The Hall–Kier alpha value is -1.26. The summed E-state index contributed by atoms with van der Waals surface area (Å²) in [5, 5.41) is 0.